The summed E-state index contributed by atoms with van der Waals surface area (Å²) in [6.45, 7) is 14.5. The van der Waals surface area contributed by atoms with Crippen molar-refractivity contribution in [2.45, 2.75) is 39.2 Å². The summed E-state index contributed by atoms with van der Waals surface area (Å²) in [5, 5.41) is 3.37. The van der Waals surface area contributed by atoms with Gasteiger partial charge in [0.2, 0.25) is 0 Å². The Bertz CT molecular complexity index is 485. The van der Waals surface area contributed by atoms with Gasteiger partial charge in [0.1, 0.15) is 5.82 Å². The van der Waals surface area contributed by atoms with E-state index in [-0.39, 0.29) is 5.54 Å². The summed E-state index contributed by atoms with van der Waals surface area (Å²) < 4.78 is 0. The second kappa shape index (κ2) is 7.24. The first-order valence-corrected chi connectivity index (χ1v) is 9.23. The van der Waals surface area contributed by atoms with E-state index in [2.05, 4.69) is 32.0 Å². The minimum atomic E-state index is 0.164. The smallest absolute Gasteiger partial charge is 0.148 e. The van der Waals surface area contributed by atoms with Crippen molar-refractivity contribution >= 4 is 0 Å². The minimum absolute atomic E-state index is 0.164. The van der Waals surface area contributed by atoms with Gasteiger partial charge in [-0.3, -0.25) is 4.90 Å². The van der Waals surface area contributed by atoms with Gasteiger partial charge < -0.3 is 10.2 Å². The average Bonchev–Trinajstić information content (AvgIpc) is 3.36. The molecule has 0 aromatic carbocycles. The average molecular weight is 317 g/mol. The van der Waals surface area contributed by atoms with E-state index >= 15 is 0 Å². The fourth-order valence-corrected chi connectivity index (χ4v) is 3.63. The molecular weight excluding hydrogens is 286 g/mol. The molecule has 1 aliphatic carbocycles. The first-order valence-electron chi connectivity index (χ1n) is 9.23. The third-order valence-electron chi connectivity index (χ3n) is 5.28. The molecule has 0 amide bonds. The van der Waals surface area contributed by atoms with Gasteiger partial charge in [0.05, 0.1) is 5.54 Å². The standard InChI is InChI=1S/C16H25N5.C2H6/c1-13-8-18-15(19-9-13)16(2-3-16)21-6-4-20(5-7-21)12-14-10-17-11-14;1-2/h8-9,14,17H,2-7,10-12H2,1H3;1-2H3. The lowest BCUT2D eigenvalue weighted by atomic mass is 10.0. The van der Waals surface area contributed by atoms with Gasteiger partial charge >= 0.3 is 0 Å². The summed E-state index contributed by atoms with van der Waals surface area (Å²) in [7, 11) is 0. The third-order valence-corrected chi connectivity index (χ3v) is 5.28. The van der Waals surface area contributed by atoms with Crippen molar-refractivity contribution in [1.29, 1.82) is 0 Å². The van der Waals surface area contributed by atoms with Crippen LogP contribution in [-0.2, 0) is 5.54 Å². The highest BCUT2D eigenvalue weighted by atomic mass is 15.3. The molecule has 2 aliphatic heterocycles. The van der Waals surface area contributed by atoms with E-state index in [9.17, 15) is 0 Å². The zero-order valence-corrected chi connectivity index (χ0v) is 14.9. The predicted molar refractivity (Wildman–Crippen MR) is 93.4 cm³/mol. The molecule has 5 heteroatoms. The predicted octanol–water partition coefficient (Wildman–Crippen LogP) is 1.64. The van der Waals surface area contributed by atoms with Crippen molar-refractivity contribution in [3.63, 3.8) is 0 Å². The lowest BCUT2D eigenvalue weighted by molar-refractivity contribution is 0.0653. The topological polar surface area (TPSA) is 44.3 Å². The highest BCUT2D eigenvalue weighted by molar-refractivity contribution is 5.18. The number of piperazine rings is 1. The lowest BCUT2D eigenvalue weighted by Gasteiger charge is -2.41. The van der Waals surface area contributed by atoms with Crippen LogP contribution in [0.1, 0.15) is 38.1 Å². The van der Waals surface area contributed by atoms with E-state index in [0.29, 0.717) is 0 Å². The Kier molecular flexibility index (Phi) is 5.29. The van der Waals surface area contributed by atoms with Crippen LogP contribution in [-0.4, -0.2) is 65.6 Å². The first-order chi connectivity index (χ1) is 11.3. The van der Waals surface area contributed by atoms with Crippen molar-refractivity contribution < 1.29 is 0 Å². The van der Waals surface area contributed by atoms with Crippen LogP contribution in [0.2, 0.25) is 0 Å². The zero-order valence-electron chi connectivity index (χ0n) is 14.9. The van der Waals surface area contributed by atoms with Gasteiger partial charge in [0, 0.05) is 58.2 Å². The fourth-order valence-electron chi connectivity index (χ4n) is 3.63. The Morgan fingerprint density at radius 3 is 2.17 bits per heavy atom. The van der Waals surface area contributed by atoms with E-state index in [1.165, 1.54) is 45.6 Å². The summed E-state index contributed by atoms with van der Waals surface area (Å²) in [5.74, 6) is 1.93. The van der Waals surface area contributed by atoms with Crippen LogP contribution in [0.25, 0.3) is 0 Å². The Morgan fingerprint density at radius 1 is 1.09 bits per heavy atom. The Balaban J connectivity index is 0.000000753. The van der Waals surface area contributed by atoms with Crippen LogP contribution in [0.4, 0.5) is 0 Å². The maximum absolute atomic E-state index is 4.60. The summed E-state index contributed by atoms with van der Waals surface area (Å²) in [6, 6.07) is 0. The molecule has 1 aromatic rings. The number of hydrogen-bond donors (Lipinski definition) is 1. The zero-order chi connectivity index (χ0) is 16.3. The van der Waals surface area contributed by atoms with Crippen LogP contribution < -0.4 is 5.32 Å². The second-order valence-corrected chi connectivity index (χ2v) is 6.93. The lowest BCUT2D eigenvalue weighted by Crippen LogP contribution is -2.55. The molecule has 0 radical (unpaired) electrons. The van der Waals surface area contributed by atoms with Crippen LogP contribution in [0.3, 0.4) is 0 Å². The summed E-state index contributed by atoms with van der Waals surface area (Å²) in [4.78, 5) is 14.5. The number of rotatable bonds is 4. The molecule has 1 aromatic heterocycles. The Labute approximate surface area is 140 Å². The second-order valence-electron chi connectivity index (χ2n) is 6.93. The monoisotopic (exact) mass is 317 g/mol. The number of hydrogen-bond acceptors (Lipinski definition) is 5. The summed E-state index contributed by atoms with van der Waals surface area (Å²) in [6.07, 6.45) is 6.37. The molecule has 4 rings (SSSR count). The highest BCUT2D eigenvalue weighted by Gasteiger charge is 2.52. The molecule has 1 saturated carbocycles. The van der Waals surface area contributed by atoms with Gasteiger partial charge in [-0.2, -0.15) is 0 Å². The van der Waals surface area contributed by atoms with Crippen molar-refractivity contribution in [2.75, 3.05) is 45.8 Å². The largest absolute Gasteiger partial charge is 0.316 e. The minimum Gasteiger partial charge on any atom is -0.316 e. The molecule has 3 heterocycles. The molecule has 0 unspecified atom stereocenters. The number of aromatic nitrogens is 2. The van der Waals surface area contributed by atoms with Crippen molar-refractivity contribution in [3.8, 4) is 0 Å². The van der Waals surface area contributed by atoms with Gasteiger partial charge in [-0.1, -0.05) is 13.8 Å². The molecule has 128 valence electrons. The Hall–Kier alpha value is -1.04. The molecule has 23 heavy (non-hydrogen) atoms. The molecule has 2 saturated heterocycles. The van der Waals surface area contributed by atoms with Gasteiger partial charge in [0.25, 0.3) is 0 Å². The number of nitrogens with one attached hydrogen (secondary N) is 1. The number of nitrogens with zero attached hydrogens (tertiary/aromatic N) is 4. The SMILES string of the molecule is CC.Cc1cnc(C2(N3CCN(CC4CNC4)CC3)CC2)nc1. The normalized spacial score (nSPS) is 24.5. The summed E-state index contributed by atoms with van der Waals surface area (Å²) >= 11 is 0. The molecule has 3 aliphatic rings. The molecule has 0 bridgehead atoms. The van der Waals surface area contributed by atoms with Crippen molar-refractivity contribution in [2.24, 2.45) is 5.92 Å². The van der Waals surface area contributed by atoms with Crippen molar-refractivity contribution in [3.05, 3.63) is 23.8 Å². The quantitative estimate of drug-likeness (QED) is 0.914. The van der Waals surface area contributed by atoms with E-state index in [0.717, 1.165) is 30.4 Å². The van der Waals surface area contributed by atoms with Crippen LogP contribution in [0, 0.1) is 12.8 Å². The van der Waals surface area contributed by atoms with Gasteiger partial charge in [-0.15, -0.1) is 0 Å². The Morgan fingerprint density at radius 2 is 1.70 bits per heavy atom. The summed E-state index contributed by atoms with van der Waals surface area (Å²) in [5.41, 5.74) is 1.31. The maximum Gasteiger partial charge on any atom is 0.148 e. The van der Waals surface area contributed by atoms with E-state index in [1.807, 2.05) is 26.2 Å². The van der Waals surface area contributed by atoms with Gasteiger partial charge in [-0.25, -0.2) is 9.97 Å². The molecular formula is C18H31N5. The van der Waals surface area contributed by atoms with Gasteiger partial charge in [0.15, 0.2) is 0 Å². The molecule has 3 fully saturated rings. The van der Waals surface area contributed by atoms with E-state index in [1.54, 1.807) is 0 Å². The number of aryl methyl sites for hydroxylation is 1. The molecule has 1 N–H and O–H groups in total. The highest BCUT2D eigenvalue weighted by Crippen LogP contribution is 2.49. The van der Waals surface area contributed by atoms with Crippen LogP contribution in [0.15, 0.2) is 12.4 Å². The first kappa shape index (κ1) is 16.8. The van der Waals surface area contributed by atoms with Crippen LogP contribution >= 0.6 is 0 Å². The molecule has 0 spiro atoms. The van der Waals surface area contributed by atoms with Gasteiger partial charge in [-0.05, 0) is 31.2 Å². The maximum atomic E-state index is 4.60. The van der Waals surface area contributed by atoms with Crippen molar-refractivity contribution in [1.82, 2.24) is 25.1 Å². The molecule has 0 atom stereocenters. The van der Waals surface area contributed by atoms with E-state index in [4.69, 9.17) is 0 Å². The van der Waals surface area contributed by atoms with Crippen LogP contribution in [0.5, 0.6) is 0 Å². The molecule has 5 nitrogen and oxygen atoms in total. The van der Waals surface area contributed by atoms with E-state index < -0.39 is 0 Å². The fraction of sp³-hybridized carbons (Fsp3) is 0.778. The third kappa shape index (κ3) is 3.57.